The Hall–Kier alpha value is -3.77. The van der Waals surface area contributed by atoms with Crippen molar-refractivity contribution in [2.45, 2.75) is 0 Å². The Morgan fingerprint density at radius 1 is 1.04 bits per heavy atom. The molecule has 0 unspecified atom stereocenters. The van der Waals surface area contributed by atoms with Crippen LogP contribution in [-0.2, 0) is 7.05 Å². The first-order valence-electron chi connectivity index (χ1n) is 7.71. The van der Waals surface area contributed by atoms with Crippen molar-refractivity contribution in [1.82, 2.24) is 4.57 Å². The van der Waals surface area contributed by atoms with Crippen LogP contribution >= 0.6 is 0 Å². The smallest absolute Gasteiger partial charge is 0.353 e. The van der Waals surface area contributed by atoms with Gasteiger partial charge in [0, 0.05) is 12.6 Å². The summed E-state index contributed by atoms with van der Waals surface area (Å²) in [7, 11) is 7.40. The molecule has 2 aromatic carbocycles. The minimum absolute atomic E-state index is 0.0378. The number of aromatic nitrogens is 1. The van der Waals surface area contributed by atoms with Crippen LogP contribution in [0.3, 0.4) is 0 Å². The highest BCUT2D eigenvalue weighted by molar-refractivity contribution is 6.34. The van der Waals surface area contributed by atoms with Gasteiger partial charge in [-0.2, -0.15) is 10.5 Å². The number of hydrogen-bond donors (Lipinski definition) is 1. The van der Waals surface area contributed by atoms with Gasteiger partial charge in [0.2, 0.25) is 0 Å². The molecule has 122 valence electrons. The third-order valence-corrected chi connectivity index (χ3v) is 4.29. The lowest BCUT2D eigenvalue weighted by molar-refractivity contribution is 0.0688. The molecule has 0 amide bonds. The number of carboxylic acid groups (broad SMARTS) is 1. The second-order valence-corrected chi connectivity index (χ2v) is 5.69. The molecule has 3 rings (SSSR count). The summed E-state index contributed by atoms with van der Waals surface area (Å²) in [5, 5.41) is 28.2. The van der Waals surface area contributed by atoms with Gasteiger partial charge in [-0.05, 0) is 28.4 Å². The molecular formula is C20H12BN3O2. The summed E-state index contributed by atoms with van der Waals surface area (Å²) < 4.78 is 1.30. The molecule has 0 aliphatic carbocycles. The summed E-state index contributed by atoms with van der Waals surface area (Å²) in [5.41, 5.74) is 3.23. The number of carbonyl (C=O) groups is 1. The van der Waals surface area contributed by atoms with Crippen LogP contribution in [0.2, 0.25) is 0 Å². The van der Waals surface area contributed by atoms with Gasteiger partial charge in [0.25, 0.3) is 0 Å². The zero-order valence-electron chi connectivity index (χ0n) is 13.9. The number of nitrogens with zero attached hydrogens (tertiary/aromatic N) is 3. The van der Waals surface area contributed by atoms with E-state index < -0.39 is 5.97 Å². The van der Waals surface area contributed by atoms with Crippen molar-refractivity contribution >= 4 is 19.4 Å². The zero-order chi connectivity index (χ0) is 18.8. The molecule has 0 bridgehead atoms. The van der Waals surface area contributed by atoms with E-state index in [0.29, 0.717) is 16.7 Å². The van der Waals surface area contributed by atoms with Crippen molar-refractivity contribution < 1.29 is 9.90 Å². The molecule has 1 heterocycles. The Bertz CT molecular complexity index is 1100. The van der Waals surface area contributed by atoms with Crippen LogP contribution in [0.15, 0.2) is 48.5 Å². The summed E-state index contributed by atoms with van der Waals surface area (Å²) in [5.74, 6) is -1.16. The quantitative estimate of drug-likeness (QED) is 0.744. The van der Waals surface area contributed by atoms with Gasteiger partial charge in [0.05, 0.1) is 17.2 Å². The number of aromatic carboxylic acids is 1. The molecule has 0 spiro atoms. The van der Waals surface area contributed by atoms with Crippen LogP contribution < -0.4 is 5.59 Å². The van der Waals surface area contributed by atoms with Crippen LogP contribution in [0.25, 0.3) is 22.3 Å². The topological polar surface area (TPSA) is 89.8 Å². The Morgan fingerprint density at radius 3 is 2.23 bits per heavy atom. The van der Waals surface area contributed by atoms with Crippen LogP contribution in [0, 0.1) is 22.7 Å². The third-order valence-electron chi connectivity index (χ3n) is 4.29. The predicted octanol–water partition coefficient (Wildman–Crippen LogP) is 2.59. The first-order chi connectivity index (χ1) is 12.5. The van der Waals surface area contributed by atoms with Gasteiger partial charge < -0.3 is 9.67 Å². The normalized spacial score (nSPS) is 10.1. The molecule has 0 saturated heterocycles. The summed E-state index contributed by atoms with van der Waals surface area (Å²) in [4.78, 5) is 11.6. The molecule has 0 fully saturated rings. The van der Waals surface area contributed by atoms with Gasteiger partial charge in [0.15, 0.2) is 0 Å². The lowest BCUT2D eigenvalue weighted by atomic mass is 9.92. The van der Waals surface area contributed by atoms with E-state index in [-0.39, 0.29) is 16.9 Å². The SMILES string of the molecule is [B]c1c(C#N)c(-c2ccc(-c3ccccc3C#N)cc2)c(C(=O)O)n1C. The van der Waals surface area contributed by atoms with Crippen molar-refractivity contribution in [3.8, 4) is 34.4 Å². The van der Waals surface area contributed by atoms with E-state index in [9.17, 15) is 20.4 Å². The van der Waals surface area contributed by atoms with Crippen molar-refractivity contribution in [3.63, 3.8) is 0 Å². The average Bonchev–Trinajstić information content (AvgIpc) is 2.92. The zero-order valence-corrected chi connectivity index (χ0v) is 13.9. The second kappa shape index (κ2) is 6.62. The fourth-order valence-electron chi connectivity index (χ4n) is 3.00. The van der Waals surface area contributed by atoms with Crippen molar-refractivity contribution in [2.75, 3.05) is 0 Å². The number of nitriles is 2. The number of hydrogen-bond acceptors (Lipinski definition) is 3. The minimum Gasteiger partial charge on any atom is -0.477 e. The highest BCUT2D eigenvalue weighted by Crippen LogP contribution is 2.31. The van der Waals surface area contributed by atoms with Gasteiger partial charge in [-0.3, -0.25) is 0 Å². The molecule has 5 nitrogen and oxygen atoms in total. The van der Waals surface area contributed by atoms with Crippen LogP contribution in [0.1, 0.15) is 21.6 Å². The van der Waals surface area contributed by atoms with E-state index in [1.807, 2.05) is 18.2 Å². The third kappa shape index (κ3) is 2.64. The summed E-state index contributed by atoms with van der Waals surface area (Å²) >= 11 is 0. The summed E-state index contributed by atoms with van der Waals surface area (Å²) in [6, 6.07) is 18.4. The Morgan fingerprint density at radius 2 is 1.65 bits per heavy atom. The van der Waals surface area contributed by atoms with E-state index in [1.165, 1.54) is 11.6 Å². The standard InChI is InChI=1S/C20H12BN3O2/c1-24-18(20(25)26)17(16(11-23)19(24)21)13-8-6-12(7-9-13)15-5-3-2-4-14(15)10-22/h2-9H,1H3,(H,25,26). The van der Waals surface area contributed by atoms with Gasteiger partial charge in [-0.1, -0.05) is 42.5 Å². The molecule has 0 atom stereocenters. The average molecular weight is 337 g/mol. The molecule has 2 radical (unpaired) electrons. The molecule has 1 aromatic heterocycles. The molecule has 1 N–H and O–H groups in total. The highest BCUT2D eigenvalue weighted by atomic mass is 16.4. The molecule has 0 aliphatic heterocycles. The Labute approximate surface area is 151 Å². The fourth-order valence-corrected chi connectivity index (χ4v) is 3.00. The molecule has 0 aliphatic rings. The van der Waals surface area contributed by atoms with Crippen LogP contribution in [-0.4, -0.2) is 23.5 Å². The Balaban J connectivity index is 2.17. The maximum atomic E-state index is 11.6. The maximum absolute atomic E-state index is 11.6. The molecule has 26 heavy (non-hydrogen) atoms. The van der Waals surface area contributed by atoms with Crippen molar-refractivity contribution in [1.29, 1.82) is 10.5 Å². The maximum Gasteiger partial charge on any atom is 0.353 e. The van der Waals surface area contributed by atoms with Crippen molar-refractivity contribution in [3.05, 3.63) is 65.4 Å². The lowest BCUT2D eigenvalue weighted by Crippen LogP contribution is -2.19. The molecular weight excluding hydrogens is 325 g/mol. The van der Waals surface area contributed by atoms with Crippen LogP contribution in [0.4, 0.5) is 0 Å². The predicted molar refractivity (Wildman–Crippen MR) is 98.1 cm³/mol. The number of carboxylic acids is 1. The number of benzene rings is 2. The van der Waals surface area contributed by atoms with Gasteiger partial charge >= 0.3 is 5.97 Å². The monoisotopic (exact) mass is 337 g/mol. The van der Waals surface area contributed by atoms with Gasteiger partial charge in [0.1, 0.15) is 19.6 Å². The van der Waals surface area contributed by atoms with Crippen LogP contribution in [0.5, 0.6) is 0 Å². The molecule has 3 aromatic rings. The number of rotatable bonds is 3. The molecule has 6 heteroatoms. The van der Waals surface area contributed by atoms with E-state index in [2.05, 4.69) is 6.07 Å². The largest absolute Gasteiger partial charge is 0.477 e. The van der Waals surface area contributed by atoms with E-state index in [1.54, 1.807) is 36.4 Å². The lowest BCUT2D eigenvalue weighted by Gasteiger charge is -2.07. The fraction of sp³-hybridized carbons (Fsp3) is 0.0500. The van der Waals surface area contributed by atoms with Gasteiger partial charge in [-0.15, -0.1) is 0 Å². The van der Waals surface area contributed by atoms with Crippen molar-refractivity contribution in [2.24, 2.45) is 7.05 Å². The summed E-state index contributed by atoms with van der Waals surface area (Å²) in [6.07, 6.45) is 0. The highest BCUT2D eigenvalue weighted by Gasteiger charge is 2.24. The molecule has 0 saturated carbocycles. The van der Waals surface area contributed by atoms with E-state index >= 15 is 0 Å². The first-order valence-corrected chi connectivity index (χ1v) is 7.71. The van der Waals surface area contributed by atoms with Gasteiger partial charge in [-0.25, -0.2) is 4.79 Å². The minimum atomic E-state index is -1.16. The van der Waals surface area contributed by atoms with E-state index in [0.717, 1.165) is 11.1 Å². The van der Waals surface area contributed by atoms with E-state index in [4.69, 9.17) is 7.85 Å². The Kier molecular flexibility index (Phi) is 4.35. The summed E-state index contributed by atoms with van der Waals surface area (Å²) in [6.45, 7) is 0. The first kappa shape index (κ1) is 17.1. The second-order valence-electron chi connectivity index (χ2n) is 5.69.